The fourth-order valence-corrected chi connectivity index (χ4v) is 2.87. The maximum absolute atomic E-state index is 8.81. The van der Waals surface area contributed by atoms with Crippen LogP contribution in [-0.2, 0) is 0 Å². The van der Waals surface area contributed by atoms with Crippen molar-refractivity contribution in [3.05, 3.63) is 0 Å². The van der Waals surface area contributed by atoms with Crippen LogP contribution in [0.1, 0.15) is 19.3 Å². The molecule has 0 bridgehead atoms. The third-order valence-corrected chi connectivity index (χ3v) is 3.84. The largest absolute Gasteiger partial charge is 0.432 e. The second kappa shape index (κ2) is 5.96. The van der Waals surface area contributed by atoms with E-state index in [0.717, 1.165) is 25.6 Å². The van der Waals surface area contributed by atoms with Crippen LogP contribution in [-0.4, -0.2) is 63.4 Å². The summed E-state index contributed by atoms with van der Waals surface area (Å²) in [4.78, 5) is 13.9. The van der Waals surface area contributed by atoms with Crippen molar-refractivity contribution in [3.8, 4) is 0 Å². The Hall–Kier alpha value is 0.0569. The van der Waals surface area contributed by atoms with Crippen LogP contribution in [0.5, 0.6) is 0 Å². The van der Waals surface area contributed by atoms with E-state index in [-0.39, 0.29) is 9.76 Å². The topological polar surface area (TPSA) is 38.7 Å². The third kappa shape index (κ3) is 3.01. The number of fused-ring (bicyclic) bond motifs is 1. The molecule has 2 saturated heterocycles. The lowest BCUT2D eigenvalue weighted by atomic mass is 10.2. The molecule has 1 unspecified atom stereocenters. The zero-order valence-electron chi connectivity index (χ0n) is 9.28. The summed E-state index contributed by atoms with van der Waals surface area (Å²) in [6.45, 7) is 5.98. The first kappa shape index (κ1) is 11.5. The van der Waals surface area contributed by atoms with Crippen LogP contribution in [0.15, 0.2) is 0 Å². The Balaban J connectivity index is 1.81. The standard InChI is InChI=1S/C10H21N3OSi/c14-15-9-3-8-13-7-2-6-12-5-1-4-11-10(12)13/h10-11,14H,1-9H2. The number of hydrogen-bond donors (Lipinski definition) is 2. The molecule has 0 aromatic heterocycles. The van der Waals surface area contributed by atoms with E-state index in [9.17, 15) is 0 Å². The smallest absolute Gasteiger partial charge is 0.224 e. The molecule has 0 aromatic rings. The zero-order chi connectivity index (χ0) is 10.5. The van der Waals surface area contributed by atoms with E-state index in [0.29, 0.717) is 6.29 Å². The molecule has 86 valence electrons. The van der Waals surface area contributed by atoms with Crippen LogP contribution in [0.2, 0.25) is 6.04 Å². The van der Waals surface area contributed by atoms with Gasteiger partial charge in [0.05, 0.1) is 0 Å². The van der Waals surface area contributed by atoms with Gasteiger partial charge in [-0.15, -0.1) is 0 Å². The minimum absolute atomic E-state index is 0.119. The number of hydrogen-bond acceptors (Lipinski definition) is 4. The van der Waals surface area contributed by atoms with E-state index >= 15 is 0 Å². The Morgan fingerprint density at radius 1 is 1.27 bits per heavy atom. The number of rotatable bonds is 4. The van der Waals surface area contributed by atoms with Gasteiger partial charge in [0, 0.05) is 26.2 Å². The van der Waals surface area contributed by atoms with Gasteiger partial charge in [-0.25, -0.2) is 0 Å². The predicted molar refractivity (Wildman–Crippen MR) is 61.6 cm³/mol. The molecule has 15 heavy (non-hydrogen) atoms. The molecule has 1 atom stereocenters. The monoisotopic (exact) mass is 227 g/mol. The number of nitrogens with one attached hydrogen (secondary N) is 1. The quantitative estimate of drug-likeness (QED) is 0.510. The van der Waals surface area contributed by atoms with Gasteiger partial charge < -0.3 is 4.80 Å². The molecule has 2 N–H and O–H groups in total. The van der Waals surface area contributed by atoms with E-state index < -0.39 is 0 Å². The molecule has 0 aromatic carbocycles. The summed E-state index contributed by atoms with van der Waals surface area (Å²) in [5, 5.41) is 3.59. The van der Waals surface area contributed by atoms with Crippen molar-refractivity contribution < 1.29 is 4.80 Å². The van der Waals surface area contributed by atoms with Crippen LogP contribution >= 0.6 is 0 Å². The second-order valence-electron chi connectivity index (χ2n) is 4.37. The lowest BCUT2D eigenvalue weighted by Gasteiger charge is -2.46. The van der Waals surface area contributed by atoms with Gasteiger partial charge in [0.15, 0.2) is 0 Å². The highest BCUT2D eigenvalue weighted by Crippen LogP contribution is 2.16. The van der Waals surface area contributed by atoms with Crippen LogP contribution in [0.25, 0.3) is 0 Å². The molecule has 2 rings (SSSR count). The van der Waals surface area contributed by atoms with Crippen molar-refractivity contribution in [2.75, 3.05) is 32.7 Å². The van der Waals surface area contributed by atoms with Gasteiger partial charge in [0.25, 0.3) is 0 Å². The Labute approximate surface area is 94.6 Å². The van der Waals surface area contributed by atoms with Crippen molar-refractivity contribution in [2.24, 2.45) is 0 Å². The summed E-state index contributed by atoms with van der Waals surface area (Å²) in [5.74, 6) is 0. The lowest BCUT2D eigenvalue weighted by molar-refractivity contribution is -0.0345. The van der Waals surface area contributed by atoms with E-state index in [1.165, 1.54) is 32.5 Å². The van der Waals surface area contributed by atoms with Gasteiger partial charge in [0.1, 0.15) is 6.29 Å². The minimum Gasteiger partial charge on any atom is -0.432 e. The molecule has 0 saturated carbocycles. The Kier molecular flexibility index (Phi) is 4.58. The summed E-state index contributed by atoms with van der Waals surface area (Å²) >= 11 is 0. The summed E-state index contributed by atoms with van der Waals surface area (Å²) in [6.07, 6.45) is 4.18. The summed E-state index contributed by atoms with van der Waals surface area (Å²) in [6, 6.07) is 0.962. The first-order valence-electron chi connectivity index (χ1n) is 6.00. The molecular formula is C10H21N3OSi. The fourth-order valence-electron chi connectivity index (χ4n) is 2.55. The third-order valence-electron chi connectivity index (χ3n) is 3.27. The van der Waals surface area contributed by atoms with Crippen LogP contribution in [0.4, 0.5) is 0 Å². The van der Waals surface area contributed by atoms with Gasteiger partial charge in [0.2, 0.25) is 9.76 Å². The highest BCUT2D eigenvalue weighted by Gasteiger charge is 2.30. The fraction of sp³-hybridized carbons (Fsp3) is 1.00. The summed E-state index contributed by atoms with van der Waals surface area (Å²) in [5.41, 5.74) is 0. The molecule has 4 nitrogen and oxygen atoms in total. The van der Waals surface area contributed by atoms with E-state index in [4.69, 9.17) is 4.80 Å². The molecule has 0 aliphatic carbocycles. The highest BCUT2D eigenvalue weighted by molar-refractivity contribution is 6.25. The Bertz CT molecular complexity index is 192. The lowest BCUT2D eigenvalue weighted by Crippen LogP contribution is -2.63. The molecule has 0 spiro atoms. The Morgan fingerprint density at radius 2 is 2.13 bits per heavy atom. The molecule has 2 aliphatic heterocycles. The van der Waals surface area contributed by atoms with Crippen molar-refractivity contribution in [3.63, 3.8) is 0 Å². The maximum Gasteiger partial charge on any atom is 0.224 e. The van der Waals surface area contributed by atoms with Gasteiger partial charge in [-0.2, -0.15) is 0 Å². The molecule has 2 fully saturated rings. The van der Waals surface area contributed by atoms with Gasteiger partial charge >= 0.3 is 0 Å². The van der Waals surface area contributed by atoms with Crippen molar-refractivity contribution in [1.82, 2.24) is 15.1 Å². The Morgan fingerprint density at radius 3 is 3.00 bits per heavy atom. The second-order valence-corrected chi connectivity index (χ2v) is 5.18. The number of nitrogens with zero attached hydrogens (tertiary/aromatic N) is 2. The normalized spacial score (nSPS) is 29.0. The van der Waals surface area contributed by atoms with Crippen molar-refractivity contribution in [2.45, 2.75) is 31.6 Å². The van der Waals surface area contributed by atoms with Gasteiger partial charge in [-0.3, -0.25) is 15.1 Å². The summed E-state index contributed by atoms with van der Waals surface area (Å²) < 4.78 is 0. The van der Waals surface area contributed by atoms with Crippen molar-refractivity contribution in [1.29, 1.82) is 0 Å². The molecule has 0 amide bonds. The zero-order valence-corrected chi connectivity index (χ0v) is 10.3. The van der Waals surface area contributed by atoms with E-state index in [1.807, 2.05) is 0 Å². The molecule has 2 heterocycles. The average Bonchev–Trinajstić information content (AvgIpc) is 2.30. The first-order chi connectivity index (χ1) is 7.42. The molecule has 2 radical (unpaired) electrons. The molecule has 2 aliphatic rings. The van der Waals surface area contributed by atoms with E-state index in [2.05, 4.69) is 15.1 Å². The first-order valence-corrected chi connectivity index (χ1v) is 7.16. The maximum atomic E-state index is 8.81. The van der Waals surface area contributed by atoms with Gasteiger partial charge in [-0.1, -0.05) is 0 Å². The molecular weight excluding hydrogens is 206 g/mol. The average molecular weight is 227 g/mol. The SMILES string of the molecule is O[Si]CCCN1CCCN2CCCNC21. The molecule has 5 heteroatoms. The van der Waals surface area contributed by atoms with Crippen LogP contribution in [0, 0.1) is 0 Å². The highest BCUT2D eigenvalue weighted by atomic mass is 28.2. The van der Waals surface area contributed by atoms with Gasteiger partial charge in [-0.05, 0) is 31.9 Å². The summed E-state index contributed by atoms with van der Waals surface area (Å²) in [7, 11) is 0.119. The van der Waals surface area contributed by atoms with Crippen LogP contribution in [0.3, 0.4) is 0 Å². The van der Waals surface area contributed by atoms with Crippen molar-refractivity contribution >= 4 is 9.76 Å². The predicted octanol–water partition coefficient (Wildman–Crippen LogP) is -0.309. The van der Waals surface area contributed by atoms with Crippen LogP contribution < -0.4 is 5.32 Å². The minimum atomic E-state index is 0.119. The van der Waals surface area contributed by atoms with E-state index in [1.54, 1.807) is 0 Å².